The van der Waals surface area contributed by atoms with Crippen LogP contribution in [-0.4, -0.2) is 170 Å². The Morgan fingerprint density at radius 1 is 0.600 bits per heavy atom. The average molecular weight is 587 g/mol. The van der Waals surface area contributed by atoms with Crippen molar-refractivity contribution in [2.75, 3.05) is 19.8 Å². The molecule has 3 fully saturated rings. The van der Waals surface area contributed by atoms with Crippen molar-refractivity contribution in [3.8, 4) is 0 Å². The quantitative estimate of drug-likeness (QED) is 0.120. The molecule has 0 saturated carbocycles. The van der Waals surface area contributed by atoms with Gasteiger partial charge in [-0.05, 0) is 0 Å². The Hall–Kier alpha value is -1.62. The second kappa shape index (κ2) is 14.0. The molecule has 0 aromatic heterocycles. The fourth-order valence-electron chi connectivity index (χ4n) is 4.85. The molecule has 0 unspecified atom stereocenters. The summed E-state index contributed by atoms with van der Waals surface area (Å²) in [7, 11) is 0. The van der Waals surface area contributed by atoms with Gasteiger partial charge in [-0.2, -0.15) is 0 Å². The maximum Gasteiger partial charge on any atom is 0.217 e. The van der Waals surface area contributed by atoms with E-state index in [-0.39, 0.29) is 0 Å². The molecule has 0 aromatic carbocycles. The Morgan fingerprint density at radius 2 is 1.02 bits per heavy atom. The van der Waals surface area contributed by atoms with E-state index in [4.69, 9.17) is 23.7 Å². The molecule has 3 heterocycles. The lowest BCUT2D eigenvalue weighted by molar-refractivity contribution is -0.362. The molecule has 3 rings (SSSR count). The summed E-state index contributed by atoms with van der Waals surface area (Å²) < 4.78 is 27.6. The van der Waals surface area contributed by atoms with Crippen molar-refractivity contribution >= 4 is 11.8 Å². The van der Waals surface area contributed by atoms with Crippen LogP contribution in [0.2, 0.25) is 0 Å². The van der Waals surface area contributed by atoms with Gasteiger partial charge in [-0.3, -0.25) is 9.59 Å². The molecule has 0 aliphatic carbocycles. The fraction of sp³-hybridized carbons (Fsp3) is 0.909. The zero-order valence-electron chi connectivity index (χ0n) is 21.7. The van der Waals surface area contributed by atoms with E-state index in [0.29, 0.717) is 0 Å². The molecule has 3 saturated heterocycles. The minimum atomic E-state index is -1.88. The lowest BCUT2D eigenvalue weighted by atomic mass is 9.94. The van der Waals surface area contributed by atoms with Crippen LogP contribution in [0.5, 0.6) is 0 Å². The predicted molar refractivity (Wildman–Crippen MR) is 124 cm³/mol. The summed E-state index contributed by atoms with van der Waals surface area (Å²) >= 11 is 0. The molecule has 0 radical (unpaired) electrons. The Morgan fingerprint density at radius 3 is 1.52 bits per heavy atom. The molecule has 15 atom stereocenters. The zero-order chi connectivity index (χ0) is 29.9. The highest BCUT2D eigenvalue weighted by atomic mass is 16.7. The normalized spacial score (nSPS) is 46.0. The highest BCUT2D eigenvalue weighted by Crippen LogP contribution is 2.32. The largest absolute Gasteiger partial charge is 0.394 e. The molecule has 3 aliphatic heterocycles. The van der Waals surface area contributed by atoms with Gasteiger partial charge < -0.3 is 80.3 Å². The van der Waals surface area contributed by atoms with Crippen molar-refractivity contribution in [1.29, 1.82) is 0 Å². The summed E-state index contributed by atoms with van der Waals surface area (Å²) in [5, 5.41) is 96.4. The average Bonchev–Trinajstić information content (AvgIpc) is 2.90. The van der Waals surface area contributed by atoms with Crippen LogP contribution in [0.1, 0.15) is 13.8 Å². The molecule has 18 nitrogen and oxygen atoms in total. The van der Waals surface area contributed by atoms with E-state index in [1.54, 1.807) is 0 Å². The molecule has 0 spiro atoms. The number of hydrogen-bond acceptors (Lipinski definition) is 16. The first kappa shape index (κ1) is 32.9. The van der Waals surface area contributed by atoms with Crippen LogP contribution >= 0.6 is 0 Å². The molecule has 232 valence electrons. The SMILES string of the molecule is CC(=O)N[C@H]1[C@H](O[C@H]2[C@@H](O)[C@H](O)[C@@H](CO)O[C@@H]2O)O[C@H](CO)[C@@H](O[C@@H]2O[C@H](CO)[C@H](O)[C@H](O)[C@H]2NC(C)=O)[C@@H]1O. The van der Waals surface area contributed by atoms with Crippen molar-refractivity contribution in [3.05, 3.63) is 0 Å². The first-order chi connectivity index (χ1) is 18.8. The van der Waals surface area contributed by atoms with Crippen LogP contribution < -0.4 is 10.6 Å². The van der Waals surface area contributed by atoms with Gasteiger partial charge in [-0.1, -0.05) is 0 Å². The van der Waals surface area contributed by atoms with Gasteiger partial charge in [-0.15, -0.1) is 0 Å². The van der Waals surface area contributed by atoms with E-state index < -0.39 is 124 Å². The number of rotatable bonds is 9. The van der Waals surface area contributed by atoms with Gasteiger partial charge in [-0.25, -0.2) is 0 Å². The van der Waals surface area contributed by atoms with Crippen molar-refractivity contribution in [2.45, 2.75) is 106 Å². The third-order valence-electron chi connectivity index (χ3n) is 6.90. The molecular weight excluding hydrogens is 548 g/mol. The molecule has 18 heteroatoms. The lowest BCUT2D eigenvalue weighted by Crippen LogP contribution is -2.70. The van der Waals surface area contributed by atoms with E-state index in [9.17, 15) is 55.5 Å². The lowest BCUT2D eigenvalue weighted by Gasteiger charge is -2.49. The number of hydrogen-bond donors (Lipinski definition) is 11. The van der Waals surface area contributed by atoms with Crippen molar-refractivity contribution < 1.29 is 79.2 Å². The first-order valence-corrected chi connectivity index (χ1v) is 12.6. The number of nitrogens with one attached hydrogen (secondary N) is 2. The Bertz CT molecular complexity index is 854. The van der Waals surface area contributed by atoms with E-state index in [1.807, 2.05) is 0 Å². The molecular formula is C22H38N2O16. The van der Waals surface area contributed by atoms with E-state index in [1.165, 1.54) is 0 Å². The van der Waals surface area contributed by atoms with E-state index in [0.717, 1.165) is 13.8 Å². The van der Waals surface area contributed by atoms with E-state index >= 15 is 0 Å². The Kier molecular flexibility index (Phi) is 11.5. The van der Waals surface area contributed by atoms with Gasteiger partial charge in [0.25, 0.3) is 0 Å². The van der Waals surface area contributed by atoms with Gasteiger partial charge in [0.1, 0.15) is 73.1 Å². The number of aliphatic hydroxyl groups is 9. The zero-order valence-corrected chi connectivity index (χ0v) is 21.7. The number of aliphatic hydroxyl groups excluding tert-OH is 9. The van der Waals surface area contributed by atoms with Crippen molar-refractivity contribution in [2.24, 2.45) is 0 Å². The summed E-state index contributed by atoms with van der Waals surface area (Å²) in [6.07, 6.45) is -21.1. The highest BCUT2D eigenvalue weighted by Gasteiger charge is 2.54. The topological polar surface area (TPSA) is 286 Å². The smallest absolute Gasteiger partial charge is 0.217 e. The highest BCUT2D eigenvalue weighted by molar-refractivity contribution is 5.73. The summed E-state index contributed by atoms with van der Waals surface area (Å²) in [6.45, 7) is -0.0923. The third-order valence-corrected chi connectivity index (χ3v) is 6.90. The second-order valence-corrected chi connectivity index (χ2v) is 9.81. The molecule has 2 amide bonds. The van der Waals surface area contributed by atoms with Crippen molar-refractivity contribution in [3.63, 3.8) is 0 Å². The summed E-state index contributed by atoms with van der Waals surface area (Å²) in [6, 6.07) is -2.90. The van der Waals surface area contributed by atoms with Gasteiger partial charge in [0.05, 0.1) is 19.8 Å². The maximum atomic E-state index is 12.0. The minimum absolute atomic E-state index is 0.642. The molecule has 3 aliphatic rings. The first-order valence-electron chi connectivity index (χ1n) is 12.6. The summed E-state index contributed by atoms with van der Waals surface area (Å²) in [4.78, 5) is 23.7. The molecule has 11 N–H and O–H groups in total. The summed E-state index contributed by atoms with van der Waals surface area (Å²) in [5.74, 6) is -1.33. The van der Waals surface area contributed by atoms with Gasteiger partial charge in [0.2, 0.25) is 11.8 Å². The molecule has 0 aromatic rings. The van der Waals surface area contributed by atoms with Gasteiger partial charge >= 0.3 is 0 Å². The maximum absolute atomic E-state index is 12.0. The predicted octanol–water partition coefficient (Wildman–Crippen LogP) is -7.29. The van der Waals surface area contributed by atoms with Crippen LogP contribution in [0.4, 0.5) is 0 Å². The Labute approximate surface area is 228 Å². The second-order valence-electron chi connectivity index (χ2n) is 9.81. The number of carbonyl (C=O) groups excluding carboxylic acids is 2. The molecule has 40 heavy (non-hydrogen) atoms. The fourth-order valence-corrected chi connectivity index (χ4v) is 4.85. The van der Waals surface area contributed by atoms with E-state index in [2.05, 4.69) is 10.6 Å². The van der Waals surface area contributed by atoms with Crippen LogP contribution in [0.15, 0.2) is 0 Å². The third kappa shape index (κ3) is 7.05. The van der Waals surface area contributed by atoms with Gasteiger partial charge in [0, 0.05) is 13.8 Å². The van der Waals surface area contributed by atoms with Crippen LogP contribution in [0.25, 0.3) is 0 Å². The minimum Gasteiger partial charge on any atom is -0.394 e. The summed E-state index contributed by atoms with van der Waals surface area (Å²) in [5.41, 5.74) is 0. The van der Waals surface area contributed by atoms with Crippen LogP contribution in [0, 0.1) is 0 Å². The number of carbonyl (C=O) groups is 2. The number of amides is 2. The van der Waals surface area contributed by atoms with Crippen molar-refractivity contribution in [1.82, 2.24) is 10.6 Å². The van der Waals surface area contributed by atoms with Crippen LogP contribution in [-0.2, 0) is 33.3 Å². The Balaban J connectivity index is 1.86. The standard InChI is InChI=1S/C22H38N2O16/c1-6(28)23-11-15(32)13(30)9(4-26)37-21(11)39-18-10(5-27)38-22(12(16(18)33)24-7(2)29)40-19-17(34)14(31)8(3-25)36-20(19)35/h8-22,25-27,30-35H,3-5H2,1-2H3,(H,23,28)(H,24,29)/t8-,9-,10-,11-,12-,13+,14-,15-,16-,17+,18-,19+,20+,21+,22+/m1/s1. The molecule has 0 bridgehead atoms. The van der Waals surface area contributed by atoms with Gasteiger partial charge in [0.15, 0.2) is 18.9 Å². The van der Waals surface area contributed by atoms with Crippen LogP contribution in [0.3, 0.4) is 0 Å². The number of ether oxygens (including phenoxy) is 5. The monoisotopic (exact) mass is 586 g/mol.